The van der Waals surface area contributed by atoms with E-state index in [1.165, 1.54) is 0 Å². The Morgan fingerprint density at radius 3 is 1.73 bits per heavy atom. The van der Waals surface area contributed by atoms with Gasteiger partial charge in [-0.1, -0.05) is 100 Å². The summed E-state index contributed by atoms with van der Waals surface area (Å²) in [5.41, 5.74) is -1.51. The van der Waals surface area contributed by atoms with Crippen LogP contribution in [0.25, 0.3) is 0 Å². The number of fused-ring (bicyclic) bond motifs is 7. The van der Waals surface area contributed by atoms with E-state index in [0.29, 0.717) is 43.9 Å². The molecule has 0 amide bonds. The molecular weight excluding hydrogens is 1030 g/mol. The Bertz CT molecular complexity index is 2860. The van der Waals surface area contributed by atoms with Crippen molar-refractivity contribution in [2.24, 2.45) is 51.8 Å². The van der Waals surface area contributed by atoms with Crippen molar-refractivity contribution in [1.82, 2.24) is 0 Å². The summed E-state index contributed by atoms with van der Waals surface area (Å²) >= 11 is 0. The predicted octanol–water partition coefficient (Wildman–Crippen LogP) is 10.7. The van der Waals surface area contributed by atoms with E-state index in [0.717, 1.165) is 32.1 Å². The number of carbonyl (C=O) groups excluding carboxylic acids is 5. The molecule has 0 unspecified atom stereocenters. The SMILES string of the molecule is C[C@H](CC[C@@]1(O)O[C@H]2C[C@H]3[C@@H]4CC[C@H]5C[C@@H](O[C@@H]6O[C@H](COC(=O)c7ccccc7)[C@@H](OC(=O)c7ccccc7)[C@H](OC(=O)c7ccccc7)[C@H]6OC(=O)c6ccccc6)CC[C@]5(C)[C@H]4CC[C@]3(C)[C@@]2(O)[C@@H]1C)COC(=O)C(C)(C)C. The molecule has 4 aromatic carbocycles. The lowest BCUT2D eigenvalue weighted by Gasteiger charge is -2.62. The lowest BCUT2D eigenvalue weighted by Crippen LogP contribution is -2.64. The Hall–Kier alpha value is -5.97. The molecule has 2 heterocycles. The van der Waals surface area contributed by atoms with Crippen LogP contribution >= 0.6 is 0 Å². The van der Waals surface area contributed by atoms with Crippen LogP contribution in [0.4, 0.5) is 0 Å². The van der Waals surface area contributed by atoms with Crippen molar-refractivity contribution in [2.45, 2.75) is 167 Å². The number of ether oxygens (including phenoxy) is 8. The van der Waals surface area contributed by atoms with Crippen molar-refractivity contribution < 1.29 is 72.1 Å². The van der Waals surface area contributed by atoms with Crippen molar-refractivity contribution in [3.63, 3.8) is 0 Å². The van der Waals surface area contributed by atoms with Gasteiger partial charge >= 0.3 is 29.8 Å². The molecule has 17 atom stereocenters. The quantitative estimate of drug-likeness (QED) is 0.0609. The monoisotopic (exact) mass is 1110 g/mol. The van der Waals surface area contributed by atoms with Gasteiger partial charge in [0, 0.05) is 17.8 Å². The van der Waals surface area contributed by atoms with Crippen LogP contribution in [0.1, 0.15) is 154 Å². The van der Waals surface area contributed by atoms with Crippen molar-refractivity contribution in [1.29, 1.82) is 0 Å². The topological polar surface area (TPSA) is 200 Å². The molecule has 2 aliphatic heterocycles. The van der Waals surface area contributed by atoms with Crippen molar-refractivity contribution in [2.75, 3.05) is 13.2 Å². The Morgan fingerprint density at radius 2 is 1.17 bits per heavy atom. The first-order valence-corrected chi connectivity index (χ1v) is 29.2. The fourth-order valence-corrected chi connectivity index (χ4v) is 15.0. The van der Waals surface area contributed by atoms with Gasteiger partial charge in [-0.15, -0.1) is 0 Å². The number of benzene rings is 4. The average molecular weight is 1110 g/mol. The minimum atomic E-state index is -1.53. The maximum absolute atomic E-state index is 14.3. The normalized spacial score (nSPS) is 35.4. The molecule has 0 spiro atoms. The van der Waals surface area contributed by atoms with Gasteiger partial charge in [-0.05, 0) is 162 Å². The van der Waals surface area contributed by atoms with Gasteiger partial charge in [0.1, 0.15) is 18.3 Å². The smallest absolute Gasteiger partial charge is 0.338 e. The number of rotatable bonds is 16. The number of aliphatic hydroxyl groups is 2. The zero-order chi connectivity index (χ0) is 57.5. The molecule has 81 heavy (non-hydrogen) atoms. The van der Waals surface area contributed by atoms with Crippen LogP contribution in [0.5, 0.6) is 0 Å². The van der Waals surface area contributed by atoms with Crippen LogP contribution in [0.2, 0.25) is 0 Å². The van der Waals surface area contributed by atoms with E-state index in [1.807, 2.05) is 34.6 Å². The summed E-state index contributed by atoms with van der Waals surface area (Å²) in [5, 5.41) is 25.2. The Labute approximate surface area is 475 Å². The molecule has 2 N–H and O–H groups in total. The second-order valence-corrected chi connectivity index (χ2v) is 25.6. The number of hydrogen-bond acceptors (Lipinski definition) is 15. The second kappa shape index (κ2) is 23.4. The first-order chi connectivity index (χ1) is 38.6. The van der Waals surface area contributed by atoms with Gasteiger partial charge in [0.25, 0.3) is 0 Å². The molecule has 15 nitrogen and oxygen atoms in total. The van der Waals surface area contributed by atoms with Gasteiger partial charge in [-0.2, -0.15) is 0 Å². The third-order valence-electron chi connectivity index (χ3n) is 19.7. The zero-order valence-corrected chi connectivity index (χ0v) is 47.7. The van der Waals surface area contributed by atoms with E-state index in [1.54, 1.807) is 121 Å². The Morgan fingerprint density at radius 1 is 0.642 bits per heavy atom. The molecule has 434 valence electrons. The van der Waals surface area contributed by atoms with E-state index in [4.69, 9.17) is 37.9 Å². The molecule has 15 heteroatoms. The highest BCUT2D eigenvalue weighted by molar-refractivity contribution is 5.91. The molecule has 2 saturated heterocycles. The highest BCUT2D eigenvalue weighted by Gasteiger charge is 2.76. The van der Waals surface area contributed by atoms with Crippen molar-refractivity contribution >= 4 is 29.8 Å². The van der Waals surface area contributed by atoms with Gasteiger partial charge in [0.15, 0.2) is 30.4 Å². The van der Waals surface area contributed by atoms with Crippen LogP contribution in [0, 0.1) is 51.8 Å². The molecular formula is C66H80O15. The van der Waals surface area contributed by atoms with E-state index >= 15 is 0 Å². The van der Waals surface area contributed by atoms with Crippen molar-refractivity contribution in [3.05, 3.63) is 144 Å². The summed E-state index contributed by atoms with van der Waals surface area (Å²) < 4.78 is 51.0. The van der Waals surface area contributed by atoms with E-state index in [-0.39, 0.29) is 58.0 Å². The number of hydrogen-bond donors (Lipinski definition) is 2. The Kier molecular flexibility index (Phi) is 16.8. The minimum Gasteiger partial charge on any atom is -0.465 e. The van der Waals surface area contributed by atoms with Crippen LogP contribution < -0.4 is 0 Å². The maximum atomic E-state index is 14.3. The summed E-state index contributed by atoms with van der Waals surface area (Å²) in [4.78, 5) is 68.7. The number of esters is 5. The molecule has 0 radical (unpaired) electrons. The van der Waals surface area contributed by atoms with Crippen LogP contribution in [0.15, 0.2) is 121 Å². The van der Waals surface area contributed by atoms with Crippen molar-refractivity contribution in [3.8, 4) is 0 Å². The summed E-state index contributed by atoms with van der Waals surface area (Å²) in [5.74, 6) is -4.19. The molecule has 6 aliphatic rings. The molecule has 4 saturated carbocycles. The van der Waals surface area contributed by atoms with E-state index in [2.05, 4.69) is 13.8 Å². The van der Waals surface area contributed by atoms with Crippen LogP contribution in [-0.2, 0) is 42.7 Å². The molecule has 4 aliphatic carbocycles. The maximum Gasteiger partial charge on any atom is 0.338 e. The van der Waals surface area contributed by atoms with E-state index < -0.39 is 102 Å². The lowest BCUT2D eigenvalue weighted by molar-refractivity contribution is -0.314. The third kappa shape index (κ3) is 11.5. The summed E-state index contributed by atoms with van der Waals surface area (Å²) in [6, 6.07) is 33.4. The predicted molar refractivity (Wildman–Crippen MR) is 297 cm³/mol. The highest BCUT2D eigenvalue weighted by atomic mass is 16.7. The molecule has 0 aromatic heterocycles. The molecule has 10 rings (SSSR count). The molecule has 0 bridgehead atoms. The lowest BCUT2D eigenvalue weighted by atomic mass is 9.44. The van der Waals surface area contributed by atoms with Gasteiger partial charge in [0.2, 0.25) is 0 Å². The minimum absolute atomic E-state index is 0.00516. The van der Waals surface area contributed by atoms with Crippen LogP contribution in [-0.4, -0.2) is 108 Å². The first kappa shape index (κ1) is 58.2. The third-order valence-corrected chi connectivity index (χ3v) is 19.7. The average Bonchev–Trinajstić information content (AvgIpc) is 2.96. The van der Waals surface area contributed by atoms with E-state index in [9.17, 15) is 34.2 Å². The summed E-state index contributed by atoms with van der Waals surface area (Å²) in [6.07, 6.45) is -0.903. The van der Waals surface area contributed by atoms with Gasteiger partial charge in [-0.3, -0.25) is 4.79 Å². The largest absolute Gasteiger partial charge is 0.465 e. The van der Waals surface area contributed by atoms with Crippen LogP contribution in [0.3, 0.4) is 0 Å². The fraction of sp³-hybridized carbons (Fsp3) is 0.561. The molecule has 4 aromatic rings. The van der Waals surface area contributed by atoms with Gasteiger partial charge in [0.05, 0.1) is 46.5 Å². The van der Waals surface area contributed by atoms with Gasteiger partial charge < -0.3 is 48.1 Å². The highest BCUT2D eigenvalue weighted by Crippen LogP contribution is 2.72. The fourth-order valence-electron chi connectivity index (χ4n) is 15.0. The second-order valence-electron chi connectivity index (χ2n) is 25.6. The summed E-state index contributed by atoms with van der Waals surface area (Å²) in [6.45, 7) is 13.9. The molecule has 6 fully saturated rings. The standard InChI is InChI=1S/C66H80O15/c1-40(38-75-61(71)62(3,4)5)30-35-65(72)41(2)66(73)52(81-65)37-50-48-29-28-46-36-47(31-33-63(46,6)49(48)32-34-64(50,66)7)76-60-55(80-59(70)45-26-18-11-19-27-45)54(79-58(69)44-24-16-10-17-25-44)53(78-57(68)43-22-14-9-15-23-43)51(77-60)39-74-56(67)42-20-12-8-13-21-42/h8-27,40-41,46-55,60,72-73H,28-39H2,1-7H3/t40-,41-,46+,47+,48-,49+,50+,51-,52+,53-,54+,55-,60-,63+,64+,65-,66-/m1/s1. The number of carbonyl (C=O) groups is 5. The first-order valence-electron chi connectivity index (χ1n) is 29.2. The zero-order valence-electron chi connectivity index (χ0n) is 47.7. The Balaban J connectivity index is 0.891. The summed E-state index contributed by atoms with van der Waals surface area (Å²) in [7, 11) is 0. The van der Waals surface area contributed by atoms with Gasteiger partial charge in [-0.25, -0.2) is 19.2 Å².